The van der Waals surface area contributed by atoms with Gasteiger partial charge in [-0.15, -0.1) is 0 Å². The number of hydrogen-bond acceptors (Lipinski definition) is 2. The average Bonchev–Trinajstić information content (AvgIpc) is 2.58. The van der Waals surface area contributed by atoms with Crippen molar-refractivity contribution in [3.63, 3.8) is 0 Å². The monoisotopic (exact) mass is 164 g/mol. The molecule has 2 nitrogen and oxygen atoms in total. The van der Waals surface area contributed by atoms with Gasteiger partial charge in [-0.05, 0) is 17.7 Å². The number of rotatable bonds is 1. The molecule has 3 heteroatoms. The topological polar surface area (TPSA) is 24.4 Å². The smallest absolute Gasteiger partial charge is 0.125 e. The Morgan fingerprint density at radius 1 is 1.33 bits per heavy atom. The molecule has 1 N–H and O–H groups in total. The minimum absolute atomic E-state index is 0.0191. The van der Waals surface area contributed by atoms with E-state index in [-0.39, 0.29) is 12.0 Å². The molecule has 1 aliphatic rings. The molecule has 0 aromatic heterocycles. The van der Waals surface area contributed by atoms with E-state index < -0.39 is 0 Å². The highest BCUT2D eigenvalue weighted by Crippen LogP contribution is 2.16. The van der Waals surface area contributed by atoms with Crippen molar-refractivity contribution >= 4 is 6.21 Å². The highest BCUT2D eigenvalue weighted by atomic mass is 19.1. The van der Waals surface area contributed by atoms with E-state index in [1.165, 1.54) is 12.1 Å². The Morgan fingerprint density at radius 3 is 2.67 bits per heavy atom. The first-order chi connectivity index (χ1) is 5.86. The van der Waals surface area contributed by atoms with Crippen LogP contribution in [0.1, 0.15) is 11.7 Å². The van der Waals surface area contributed by atoms with Gasteiger partial charge in [0, 0.05) is 12.8 Å². The molecule has 1 aromatic rings. The van der Waals surface area contributed by atoms with E-state index in [2.05, 4.69) is 10.3 Å². The van der Waals surface area contributed by atoms with Crippen LogP contribution < -0.4 is 5.32 Å². The predicted octanol–water partition coefficient (Wildman–Crippen LogP) is 1.50. The van der Waals surface area contributed by atoms with Crippen LogP contribution in [-0.2, 0) is 0 Å². The summed E-state index contributed by atoms with van der Waals surface area (Å²) >= 11 is 0. The van der Waals surface area contributed by atoms with Crippen LogP contribution in [0.15, 0.2) is 29.3 Å². The lowest BCUT2D eigenvalue weighted by molar-refractivity contribution is 0.616. The average molecular weight is 164 g/mol. The van der Waals surface area contributed by atoms with Gasteiger partial charge in [-0.25, -0.2) is 4.39 Å². The molecule has 1 heterocycles. The number of hydrogen-bond donors (Lipinski definition) is 1. The molecule has 0 amide bonds. The second-order valence-corrected chi connectivity index (χ2v) is 2.69. The maximum absolute atomic E-state index is 12.5. The lowest BCUT2D eigenvalue weighted by atomic mass is 10.2. The summed E-state index contributed by atoms with van der Waals surface area (Å²) in [5, 5.41) is 3.15. The molecule has 1 aliphatic heterocycles. The molecule has 0 radical (unpaired) electrons. The van der Waals surface area contributed by atoms with E-state index in [0.717, 1.165) is 12.1 Å². The summed E-state index contributed by atoms with van der Waals surface area (Å²) in [7, 11) is 0. The Bertz CT molecular complexity index is 292. The van der Waals surface area contributed by atoms with Crippen LogP contribution in [0.2, 0.25) is 0 Å². The van der Waals surface area contributed by atoms with Gasteiger partial charge < -0.3 is 0 Å². The molecule has 0 saturated carbocycles. The van der Waals surface area contributed by atoms with Gasteiger partial charge in [-0.3, -0.25) is 10.3 Å². The minimum Gasteiger partial charge on any atom is -0.287 e. The Balaban J connectivity index is 2.23. The quantitative estimate of drug-likeness (QED) is 0.668. The zero-order chi connectivity index (χ0) is 8.39. The molecule has 1 atom stereocenters. The summed E-state index contributed by atoms with van der Waals surface area (Å²) in [6, 6.07) is 6.39. The first-order valence-corrected chi connectivity index (χ1v) is 3.87. The zero-order valence-electron chi connectivity index (χ0n) is 6.50. The second-order valence-electron chi connectivity index (χ2n) is 2.69. The molecular formula is C9H9FN2. The van der Waals surface area contributed by atoms with Crippen LogP contribution in [0.4, 0.5) is 4.39 Å². The van der Waals surface area contributed by atoms with Crippen molar-refractivity contribution < 1.29 is 4.39 Å². The van der Waals surface area contributed by atoms with Crippen molar-refractivity contribution in [1.82, 2.24) is 5.32 Å². The van der Waals surface area contributed by atoms with E-state index in [1.807, 2.05) is 6.21 Å². The van der Waals surface area contributed by atoms with Gasteiger partial charge in [0.2, 0.25) is 0 Å². The van der Waals surface area contributed by atoms with Crippen LogP contribution in [0.5, 0.6) is 0 Å². The Hall–Kier alpha value is -1.22. The van der Waals surface area contributed by atoms with E-state index in [9.17, 15) is 4.39 Å². The highest BCUT2D eigenvalue weighted by Gasteiger charge is 2.10. The summed E-state index contributed by atoms with van der Waals surface area (Å²) < 4.78 is 12.5. The lowest BCUT2D eigenvalue weighted by Crippen LogP contribution is -2.14. The number of aliphatic imine (C=N–C) groups is 1. The molecule has 2 rings (SSSR count). The molecule has 12 heavy (non-hydrogen) atoms. The van der Waals surface area contributed by atoms with Crippen LogP contribution in [-0.4, -0.2) is 12.8 Å². The number of nitrogens with zero attached hydrogens (tertiary/aromatic N) is 1. The summed E-state index contributed by atoms with van der Waals surface area (Å²) in [6.45, 7) is 0.794. The lowest BCUT2D eigenvalue weighted by Gasteiger charge is -2.07. The fourth-order valence-electron chi connectivity index (χ4n) is 1.22. The molecule has 0 spiro atoms. The van der Waals surface area contributed by atoms with Crippen molar-refractivity contribution in [2.24, 2.45) is 4.99 Å². The SMILES string of the molecule is Fc1ccc(C2N=CCN2)cc1. The maximum atomic E-state index is 12.5. The maximum Gasteiger partial charge on any atom is 0.125 e. The Morgan fingerprint density at radius 2 is 2.08 bits per heavy atom. The second kappa shape index (κ2) is 3.03. The first kappa shape index (κ1) is 7.43. The van der Waals surface area contributed by atoms with Gasteiger partial charge in [0.25, 0.3) is 0 Å². The fourth-order valence-corrected chi connectivity index (χ4v) is 1.22. The molecule has 1 aromatic carbocycles. The molecule has 1 unspecified atom stereocenters. The normalized spacial score (nSPS) is 21.6. The van der Waals surface area contributed by atoms with Crippen LogP contribution >= 0.6 is 0 Å². The van der Waals surface area contributed by atoms with Gasteiger partial charge in [-0.2, -0.15) is 0 Å². The fraction of sp³-hybridized carbons (Fsp3) is 0.222. The molecule has 0 saturated heterocycles. The van der Waals surface area contributed by atoms with Crippen LogP contribution in [0.25, 0.3) is 0 Å². The largest absolute Gasteiger partial charge is 0.287 e. The van der Waals surface area contributed by atoms with Crippen molar-refractivity contribution in [2.75, 3.05) is 6.54 Å². The van der Waals surface area contributed by atoms with Crippen LogP contribution in [0.3, 0.4) is 0 Å². The molecule has 0 aliphatic carbocycles. The van der Waals surface area contributed by atoms with E-state index in [1.54, 1.807) is 12.1 Å². The summed E-state index contributed by atoms with van der Waals surface area (Å²) in [5.74, 6) is -0.208. The highest BCUT2D eigenvalue weighted by molar-refractivity contribution is 5.62. The van der Waals surface area contributed by atoms with Gasteiger partial charge >= 0.3 is 0 Å². The summed E-state index contributed by atoms with van der Waals surface area (Å²) in [4.78, 5) is 4.18. The minimum atomic E-state index is -0.208. The molecular weight excluding hydrogens is 155 g/mol. The zero-order valence-corrected chi connectivity index (χ0v) is 6.50. The predicted molar refractivity (Wildman–Crippen MR) is 45.6 cm³/mol. The number of nitrogens with one attached hydrogen (secondary N) is 1. The third-order valence-corrected chi connectivity index (χ3v) is 1.84. The van der Waals surface area contributed by atoms with Gasteiger partial charge in [0.05, 0.1) is 0 Å². The van der Waals surface area contributed by atoms with E-state index in [0.29, 0.717) is 0 Å². The Labute approximate surface area is 70.1 Å². The summed E-state index contributed by atoms with van der Waals surface area (Å²) in [5.41, 5.74) is 1.00. The van der Waals surface area contributed by atoms with Crippen molar-refractivity contribution in [3.05, 3.63) is 35.6 Å². The molecule has 0 fully saturated rings. The molecule has 0 bridgehead atoms. The summed E-state index contributed by atoms with van der Waals surface area (Å²) in [6.07, 6.45) is 1.85. The van der Waals surface area contributed by atoms with Crippen molar-refractivity contribution in [2.45, 2.75) is 6.17 Å². The van der Waals surface area contributed by atoms with Crippen molar-refractivity contribution in [3.8, 4) is 0 Å². The van der Waals surface area contributed by atoms with E-state index in [4.69, 9.17) is 0 Å². The first-order valence-electron chi connectivity index (χ1n) is 3.87. The third-order valence-electron chi connectivity index (χ3n) is 1.84. The Kier molecular flexibility index (Phi) is 1.87. The van der Waals surface area contributed by atoms with Gasteiger partial charge in [0.1, 0.15) is 12.0 Å². The van der Waals surface area contributed by atoms with Crippen LogP contribution in [0, 0.1) is 5.82 Å². The van der Waals surface area contributed by atoms with Gasteiger partial charge in [0.15, 0.2) is 0 Å². The molecule has 62 valence electrons. The third kappa shape index (κ3) is 1.36. The van der Waals surface area contributed by atoms with Crippen molar-refractivity contribution in [1.29, 1.82) is 0 Å². The standard InChI is InChI=1S/C9H9FN2/c10-8-3-1-7(2-4-8)9-11-5-6-12-9/h1-5,9,12H,6H2. The van der Waals surface area contributed by atoms with Gasteiger partial charge in [-0.1, -0.05) is 12.1 Å². The number of benzene rings is 1. The number of halogens is 1. The van der Waals surface area contributed by atoms with E-state index >= 15 is 0 Å².